The Morgan fingerprint density at radius 3 is 2.57 bits per heavy atom. The maximum atomic E-state index is 12.3. The van der Waals surface area contributed by atoms with E-state index in [0.717, 1.165) is 24.1 Å². The number of benzene rings is 1. The van der Waals surface area contributed by atoms with Crippen molar-refractivity contribution >= 4 is 17.8 Å². The molecule has 0 spiro atoms. The summed E-state index contributed by atoms with van der Waals surface area (Å²) in [7, 11) is 0. The lowest BCUT2D eigenvalue weighted by molar-refractivity contribution is -0.402. The normalized spacial score (nSPS) is 14.0. The second kappa shape index (κ2) is 9.29. The number of rotatable bonds is 7. The summed E-state index contributed by atoms with van der Waals surface area (Å²) >= 11 is 0. The molecule has 1 aromatic carbocycles. The Morgan fingerprint density at radius 1 is 1.17 bits per heavy atom. The molecule has 0 unspecified atom stereocenters. The van der Waals surface area contributed by atoms with E-state index in [4.69, 9.17) is 18.6 Å². The summed E-state index contributed by atoms with van der Waals surface area (Å²) in [5, 5.41) is 13.4. The van der Waals surface area contributed by atoms with Crippen LogP contribution in [0.15, 0.2) is 34.7 Å². The van der Waals surface area contributed by atoms with Crippen molar-refractivity contribution in [3.05, 3.63) is 51.8 Å². The minimum atomic E-state index is -0.963. The Kier molecular flexibility index (Phi) is 6.55. The number of furan rings is 1. The Hall–Kier alpha value is -3.56. The summed E-state index contributed by atoms with van der Waals surface area (Å²) < 4.78 is 21.0. The number of carbonyl (C=O) groups is 2. The van der Waals surface area contributed by atoms with Gasteiger partial charge in [-0.05, 0) is 29.7 Å². The van der Waals surface area contributed by atoms with Crippen molar-refractivity contribution in [3.63, 3.8) is 0 Å². The number of nitrogens with one attached hydrogen (secondary N) is 1. The summed E-state index contributed by atoms with van der Waals surface area (Å²) in [5.74, 6) is -1.09. The molecule has 1 amide bonds. The van der Waals surface area contributed by atoms with Gasteiger partial charge in [0.25, 0.3) is 5.91 Å². The van der Waals surface area contributed by atoms with Gasteiger partial charge in [-0.25, -0.2) is 4.79 Å². The number of esters is 1. The molecule has 1 aliphatic rings. The van der Waals surface area contributed by atoms with Crippen molar-refractivity contribution in [1.82, 2.24) is 5.32 Å². The van der Waals surface area contributed by atoms with Gasteiger partial charge in [0.05, 0.1) is 25.3 Å². The first-order valence-electron chi connectivity index (χ1n) is 9.45. The van der Waals surface area contributed by atoms with Gasteiger partial charge in [0.2, 0.25) is 5.76 Å². The minimum absolute atomic E-state index is 0.0436. The fraction of sp³-hybridized carbons (Fsp3) is 0.400. The molecule has 1 atom stereocenters. The van der Waals surface area contributed by atoms with Crippen LogP contribution < -0.4 is 14.8 Å². The van der Waals surface area contributed by atoms with Crippen LogP contribution in [0.1, 0.15) is 42.4 Å². The molecule has 0 aliphatic carbocycles. The van der Waals surface area contributed by atoms with Gasteiger partial charge in [0.15, 0.2) is 18.1 Å². The number of hydrogen-bond acceptors (Lipinski definition) is 8. The standard InChI is InChI=1S/C20H22N2O8/c1-12(2)19(13-4-5-14-16(10-13)28-9-3-8-27-14)21-17(23)11-29-20(24)15-6-7-18(30-15)22(25)26/h4-7,10,12,19H,3,8-9,11H2,1-2H3,(H,21,23)/t19-/m1/s1. The van der Waals surface area contributed by atoms with E-state index in [1.807, 2.05) is 26.0 Å². The Balaban J connectivity index is 1.62. The van der Waals surface area contributed by atoms with E-state index < -0.39 is 29.3 Å². The van der Waals surface area contributed by atoms with E-state index in [1.165, 1.54) is 0 Å². The zero-order valence-corrected chi connectivity index (χ0v) is 16.6. The zero-order valence-electron chi connectivity index (χ0n) is 16.6. The molecule has 160 valence electrons. The molecule has 2 heterocycles. The molecule has 1 N–H and O–H groups in total. The topological polar surface area (TPSA) is 130 Å². The van der Waals surface area contributed by atoms with Crippen LogP contribution in [0.5, 0.6) is 11.5 Å². The third-order valence-corrected chi connectivity index (χ3v) is 4.42. The highest BCUT2D eigenvalue weighted by atomic mass is 16.7. The van der Waals surface area contributed by atoms with Gasteiger partial charge in [0.1, 0.15) is 4.92 Å². The van der Waals surface area contributed by atoms with Crippen LogP contribution in [0.4, 0.5) is 5.88 Å². The van der Waals surface area contributed by atoms with Gasteiger partial charge in [-0.2, -0.15) is 0 Å². The molecule has 2 aromatic rings. The van der Waals surface area contributed by atoms with E-state index in [-0.39, 0.29) is 17.7 Å². The first kappa shape index (κ1) is 21.2. The lowest BCUT2D eigenvalue weighted by atomic mass is 9.95. The van der Waals surface area contributed by atoms with Crippen molar-refractivity contribution in [1.29, 1.82) is 0 Å². The third kappa shape index (κ3) is 5.07. The predicted molar refractivity (Wildman–Crippen MR) is 103 cm³/mol. The van der Waals surface area contributed by atoms with Gasteiger partial charge in [-0.1, -0.05) is 19.9 Å². The van der Waals surface area contributed by atoms with Crippen LogP contribution >= 0.6 is 0 Å². The van der Waals surface area contributed by atoms with Gasteiger partial charge < -0.3 is 23.9 Å². The van der Waals surface area contributed by atoms with Crippen molar-refractivity contribution in [2.45, 2.75) is 26.3 Å². The molecule has 0 bridgehead atoms. The molecule has 3 rings (SSSR count). The molecule has 1 aromatic heterocycles. The summed E-state index contributed by atoms with van der Waals surface area (Å²) in [5.41, 5.74) is 0.829. The summed E-state index contributed by atoms with van der Waals surface area (Å²) in [6.07, 6.45) is 0.790. The molecule has 1 aliphatic heterocycles. The third-order valence-electron chi connectivity index (χ3n) is 4.42. The maximum Gasteiger partial charge on any atom is 0.433 e. The molecule has 0 saturated heterocycles. The number of amides is 1. The highest BCUT2D eigenvalue weighted by Gasteiger charge is 2.23. The Bertz CT molecular complexity index is 937. The summed E-state index contributed by atoms with van der Waals surface area (Å²) in [4.78, 5) is 34.1. The molecule has 0 saturated carbocycles. The SMILES string of the molecule is CC(C)[C@@H](NC(=O)COC(=O)c1ccc([N+](=O)[O-])o1)c1ccc2c(c1)OCCCO2. The highest BCUT2D eigenvalue weighted by molar-refractivity contribution is 5.89. The minimum Gasteiger partial charge on any atom is -0.490 e. The van der Waals surface area contributed by atoms with E-state index in [9.17, 15) is 19.7 Å². The van der Waals surface area contributed by atoms with Gasteiger partial charge in [0, 0.05) is 6.42 Å². The molecular weight excluding hydrogens is 396 g/mol. The average Bonchev–Trinajstić information content (AvgIpc) is 3.10. The molecular formula is C20H22N2O8. The fourth-order valence-corrected chi connectivity index (χ4v) is 2.96. The van der Waals surface area contributed by atoms with Crippen molar-refractivity contribution in [2.75, 3.05) is 19.8 Å². The van der Waals surface area contributed by atoms with Crippen molar-refractivity contribution in [3.8, 4) is 11.5 Å². The van der Waals surface area contributed by atoms with E-state index in [1.54, 1.807) is 6.07 Å². The monoisotopic (exact) mass is 418 g/mol. The van der Waals surface area contributed by atoms with Crippen molar-refractivity contribution in [2.24, 2.45) is 5.92 Å². The molecule has 10 nitrogen and oxygen atoms in total. The van der Waals surface area contributed by atoms with Gasteiger partial charge in [-0.15, -0.1) is 0 Å². The average molecular weight is 418 g/mol. The van der Waals surface area contributed by atoms with E-state index in [2.05, 4.69) is 5.32 Å². The number of nitro groups is 1. The highest BCUT2D eigenvalue weighted by Crippen LogP contribution is 2.34. The van der Waals surface area contributed by atoms with E-state index in [0.29, 0.717) is 24.7 Å². The fourth-order valence-electron chi connectivity index (χ4n) is 2.96. The number of hydrogen-bond donors (Lipinski definition) is 1. The molecule has 10 heteroatoms. The number of carbonyl (C=O) groups excluding carboxylic acids is 2. The van der Waals surface area contributed by atoms with Crippen LogP contribution in [-0.4, -0.2) is 36.6 Å². The van der Waals surface area contributed by atoms with Crippen LogP contribution in [0.3, 0.4) is 0 Å². The maximum absolute atomic E-state index is 12.3. The molecule has 0 fully saturated rings. The molecule has 0 radical (unpaired) electrons. The summed E-state index contributed by atoms with van der Waals surface area (Å²) in [6, 6.07) is 7.30. The van der Waals surface area contributed by atoms with E-state index >= 15 is 0 Å². The number of ether oxygens (including phenoxy) is 3. The second-order valence-corrected chi connectivity index (χ2v) is 7.02. The largest absolute Gasteiger partial charge is 0.490 e. The van der Waals surface area contributed by atoms with Crippen LogP contribution in [0.25, 0.3) is 0 Å². The second-order valence-electron chi connectivity index (χ2n) is 7.02. The Morgan fingerprint density at radius 2 is 1.90 bits per heavy atom. The van der Waals surface area contributed by atoms with Gasteiger partial charge in [-0.3, -0.25) is 14.9 Å². The summed E-state index contributed by atoms with van der Waals surface area (Å²) in [6.45, 7) is 4.47. The lowest BCUT2D eigenvalue weighted by Crippen LogP contribution is -2.35. The quantitative estimate of drug-likeness (QED) is 0.412. The predicted octanol–water partition coefficient (Wildman–Crippen LogP) is 3.02. The smallest absolute Gasteiger partial charge is 0.433 e. The van der Waals surface area contributed by atoms with Crippen LogP contribution in [0, 0.1) is 16.0 Å². The van der Waals surface area contributed by atoms with Crippen LogP contribution in [0.2, 0.25) is 0 Å². The van der Waals surface area contributed by atoms with Crippen molar-refractivity contribution < 1.29 is 33.1 Å². The van der Waals surface area contributed by atoms with Gasteiger partial charge >= 0.3 is 11.9 Å². The lowest BCUT2D eigenvalue weighted by Gasteiger charge is -2.23. The zero-order chi connectivity index (χ0) is 21.7. The Labute approximate surface area is 172 Å². The first-order chi connectivity index (χ1) is 14.3. The number of fused-ring (bicyclic) bond motifs is 1. The first-order valence-corrected chi connectivity index (χ1v) is 9.45. The number of nitrogens with zero attached hydrogens (tertiary/aromatic N) is 1. The molecule has 30 heavy (non-hydrogen) atoms. The van der Waals surface area contributed by atoms with Crippen LogP contribution in [-0.2, 0) is 9.53 Å².